The Bertz CT molecular complexity index is 867. The number of nitro groups is 1. The molecule has 1 aliphatic heterocycles. The van der Waals surface area contributed by atoms with Crippen LogP contribution in [0.2, 0.25) is 5.02 Å². The number of hydrogen-bond donors (Lipinski definition) is 0. The number of esters is 1. The van der Waals surface area contributed by atoms with Gasteiger partial charge in [0.05, 0.1) is 16.2 Å². The number of fused-ring (bicyclic) bond motifs is 1. The maximum Gasteiger partial charge on any atom is 0.342 e. The zero-order chi connectivity index (χ0) is 17.4. The maximum atomic E-state index is 12.3. The lowest BCUT2D eigenvalue weighted by molar-refractivity contribution is -0.385. The average Bonchev–Trinajstić information content (AvgIpc) is 2.54. The van der Waals surface area contributed by atoms with E-state index in [0.29, 0.717) is 16.3 Å². The molecule has 0 fully saturated rings. The van der Waals surface area contributed by atoms with Gasteiger partial charge in [-0.05, 0) is 18.2 Å². The first-order valence-electron chi connectivity index (χ1n) is 6.93. The van der Waals surface area contributed by atoms with Crippen LogP contribution in [0.4, 0.5) is 11.4 Å². The Morgan fingerprint density at radius 3 is 2.71 bits per heavy atom. The Labute approximate surface area is 141 Å². The molecule has 2 aromatic rings. The molecule has 122 valence electrons. The highest BCUT2D eigenvalue weighted by Crippen LogP contribution is 2.38. The van der Waals surface area contributed by atoms with Gasteiger partial charge in [-0.2, -0.15) is 0 Å². The van der Waals surface area contributed by atoms with Crippen molar-refractivity contribution >= 4 is 34.9 Å². The summed E-state index contributed by atoms with van der Waals surface area (Å²) in [5.74, 6) is -1.02. The Morgan fingerprint density at radius 1 is 1.29 bits per heavy atom. The predicted molar refractivity (Wildman–Crippen MR) is 85.9 cm³/mol. The van der Waals surface area contributed by atoms with Crippen molar-refractivity contribution in [1.82, 2.24) is 0 Å². The number of rotatable bonds is 2. The molecule has 1 aliphatic rings. The summed E-state index contributed by atoms with van der Waals surface area (Å²) in [7, 11) is 0. The van der Waals surface area contributed by atoms with Crippen LogP contribution in [0.25, 0.3) is 0 Å². The third-order valence-electron chi connectivity index (χ3n) is 3.60. The number of amides is 1. The molecule has 0 N–H and O–H groups in total. The van der Waals surface area contributed by atoms with Crippen LogP contribution >= 0.6 is 11.6 Å². The smallest absolute Gasteiger partial charge is 0.342 e. The summed E-state index contributed by atoms with van der Waals surface area (Å²) < 4.78 is 5.35. The second-order valence-corrected chi connectivity index (χ2v) is 5.60. The molecule has 0 radical (unpaired) electrons. The van der Waals surface area contributed by atoms with E-state index in [1.54, 1.807) is 18.2 Å². The van der Waals surface area contributed by atoms with Crippen molar-refractivity contribution in [2.24, 2.45) is 0 Å². The number of cyclic esters (lactones) is 1. The Morgan fingerprint density at radius 2 is 2.04 bits per heavy atom. The molecule has 0 saturated carbocycles. The number of carbonyl (C=O) groups is 2. The van der Waals surface area contributed by atoms with E-state index in [1.165, 1.54) is 36.1 Å². The average molecular weight is 347 g/mol. The lowest BCUT2D eigenvalue weighted by Gasteiger charge is -2.35. The molecule has 0 aliphatic carbocycles. The lowest BCUT2D eigenvalue weighted by atomic mass is 10.1. The van der Waals surface area contributed by atoms with E-state index in [-0.39, 0.29) is 17.2 Å². The van der Waals surface area contributed by atoms with Gasteiger partial charge in [-0.15, -0.1) is 0 Å². The normalized spacial score (nSPS) is 16.3. The van der Waals surface area contributed by atoms with Crippen LogP contribution in [0.1, 0.15) is 29.1 Å². The van der Waals surface area contributed by atoms with E-state index >= 15 is 0 Å². The highest BCUT2D eigenvalue weighted by molar-refractivity contribution is 6.31. The molecule has 0 aromatic heterocycles. The zero-order valence-electron chi connectivity index (χ0n) is 12.4. The number of anilines is 1. The fraction of sp³-hybridized carbons (Fsp3) is 0.125. The molecule has 24 heavy (non-hydrogen) atoms. The fourth-order valence-corrected chi connectivity index (χ4v) is 2.74. The van der Waals surface area contributed by atoms with Gasteiger partial charge in [-0.1, -0.05) is 23.7 Å². The zero-order valence-corrected chi connectivity index (χ0v) is 13.2. The monoisotopic (exact) mass is 346 g/mol. The number of hydrogen-bond acceptors (Lipinski definition) is 5. The number of nitrogens with zero attached hydrogens (tertiary/aromatic N) is 2. The van der Waals surface area contributed by atoms with Gasteiger partial charge < -0.3 is 4.74 Å². The molecular formula is C16H11ClN2O5. The summed E-state index contributed by atoms with van der Waals surface area (Å²) in [5, 5.41) is 11.3. The second kappa shape index (κ2) is 5.93. The van der Waals surface area contributed by atoms with Gasteiger partial charge in [-0.25, -0.2) is 4.79 Å². The van der Waals surface area contributed by atoms with Crippen LogP contribution in [0.5, 0.6) is 0 Å². The first-order valence-corrected chi connectivity index (χ1v) is 7.31. The maximum absolute atomic E-state index is 12.3. The Kier molecular flexibility index (Phi) is 3.94. The van der Waals surface area contributed by atoms with E-state index in [9.17, 15) is 19.7 Å². The third-order valence-corrected chi connectivity index (χ3v) is 3.83. The van der Waals surface area contributed by atoms with Crippen LogP contribution in [0.15, 0.2) is 42.5 Å². The minimum atomic E-state index is -1.08. The SMILES string of the molecule is CC(=O)N1c2ccc(Cl)cc2C(=O)OC1c1cccc([N+](=O)[O-])c1. The van der Waals surface area contributed by atoms with Crippen molar-refractivity contribution < 1.29 is 19.2 Å². The quantitative estimate of drug-likeness (QED) is 0.472. The number of non-ortho nitro benzene ring substituents is 1. The minimum absolute atomic E-state index is 0.158. The summed E-state index contributed by atoms with van der Waals surface area (Å²) in [4.78, 5) is 36.0. The Balaban J connectivity index is 2.13. The van der Waals surface area contributed by atoms with Crippen LogP contribution in [0.3, 0.4) is 0 Å². The molecule has 0 saturated heterocycles. The summed E-state index contributed by atoms with van der Waals surface area (Å²) in [6, 6.07) is 10.1. The number of halogens is 1. The molecule has 7 nitrogen and oxygen atoms in total. The number of carbonyl (C=O) groups excluding carboxylic acids is 2. The Hall–Kier alpha value is -2.93. The number of ether oxygens (including phenoxy) is 1. The summed E-state index contributed by atoms with van der Waals surface area (Å²) >= 11 is 5.89. The van der Waals surface area contributed by atoms with E-state index in [2.05, 4.69) is 0 Å². The number of benzene rings is 2. The summed E-state index contributed by atoms with van der Waals surface area (Å²) in [5.41, 5.74) is 0.682. The molecule has 1 heterocycles. The van der Waals surface area contributed by atoms with Crippen molar-refractivity contribution in [3.05, 3.63) is 68.7 Å². The second-order valence-electron chi connectivity index (χ2n) is 5.16. The lowest BCUT2D eigenvalue weighted by Crippen LogP contribution is -2.40. The topological polar surface area (TPSA) is 89.8 Å². The van der Waals surface area contributed by atoms with Gasteiger partial charge in [0, 0.05) is 29.6 Å². The van der Waals surface area contributed by atoms with Gasteiger partial charge >= 0.3 is 5.97 Å². The van der Waals surface area contributed by atoms with Gasteiger partial charge in [0.25, 0.3) is 5.69 Å². The van der Waals surface area contributed by atoms with Crippen molar-refractivity contribution in [2.45, 2.75) is 13.2 Å². The minimum Gasteiger partial charge on any atom is -0.433 e. The van der Waals surface area contributed by atoms with Crippen molar-refractivity contribution in [3.8, 4) is 0 Å². The van der Waals surface area contributed by atoms with Crippen LogP contribution < -0.4 is 4.90 Å². The predicted octanol–water partition coefficient (Wildman–Crippen LogP) is 3.47. The van der Waals surface area contributed by atoms with Crippen LogP contribution in [0, 0.1) is 10.1 Å². The molecule has 1 unspecified atom stereocenters. The van der Waals surface area contributed by atoms with E-state index < -0.39 is 17.1 Å². The molecule has 8 heteroatoms. The van der Waals surface area contributed by atoms with E-state index in [0.717, 1.165) is 0 Å². The molecule has 0 spiro atoms. The first-order chi connectivity index (χ1) is 11.4. The van der Waals surface area contributed by atoms with Crippen LogP contribution in [-0.4, -0.2) is 16.8 Å². The molecular weight excluding hydrogens is 336 g/mol. The molecule has 2 aromatic carbocycles. The molecule has 1 atom stereocenters. The van der Waals surface area contributed by atoms with Crippen molar-refractivity contribution in [3.63, 3.8) is 0 Å². The molecule has 1 amide bonds. The van der Waals surface area contributed by atoms with E-state index in [1.807, 2.05) is 0 Å². The molecule has 0 bridgehead atoms. The van der Waals surface area contributed by atoms with Crippen LogP contribution in [-0.2, 0) is 9.53 Å². The molecule has 3 rings (SSSR count). The van der Waals surface area contributed by atoms with Gasteiger partial charge in [0.2, 0.25) is 12.1 Å². The van der Waals surface area contributed by atoms with Crippen molar-refractivity contribution in [2.75, 3.05) is 4.90 Å². The number of nitro benzene ring substituents is 1. The largest absolute Gasteiger partial charge is 0.433 e. The standard InChI is InChI=1S/C16H11ClN2O5/c1-9(20)18-14-6-5-11(17)8-13(14)16(21)24-15(18)10-3-2-4-12(7-10)19(22)23/h2-8,15H,1H3. The van der Waals surface area contributed by atoms with Crippen molar-refractivity contribution in [1.29, 1.82) is 0 Å². The summed E-state index contributed by atoms with van der Waals surface area (Å²) in [6.07, 6.45) is -1.08. The van der Waals surface area contributed by atoms with Gasteiger partial charge in [-0.3, -0.25) is 19.8 Å². The summed E-state index contributed by atoms with van der Waals surface area (Å²) in [6.45, 7) is 1.32. The van der Waals surface area contributed by atoms with Gasteiger partial charge in [0.1, 0.15) is 0 Å². The highest BCUT2D eigenvalue weighted by atomic mass is 35.5. The first kappa shape index (κ1) is 15.9. The fourth-order valence-electron chi connectivity index (χ4n) is 2.57. The highest BCUT2D eigenvalue weighted by Gasteiger charge is 2.36. The van der Waals surface area contributed by atoms with Gasteiger partial charge in [0.15, 0.2) is 0 Å². The third kappa shape index (κ3) is 2.69. The van der Waals surface area contributed by atoms with E-state index in [4.69, 9.17) is 16.3 Å².